The van der Waals surface area contributed by atoms with Crippen molar-refractivity contribution in [3.8, 4) is 11.5 Å². The third kappa shape index (κ3) is 5.71. The van der Waals surface area contributed by atoms with E-state index in [2.05, 4.69) is 40.5 Å². The fourth-order valence-corrected chi connectivity index (χ4v) is 5.09. The topological polar surface area (TPSA) is 42.0 Å². The zero-order valence-corrected chi connectivity index (χ0v) is 21.1. The van der Waals surface area contributed by atoms with Gasteiger partial charge in [-0.2, -0.15) is 0 Å². The van der Waals surface area contributed by atoms with Gasteiger partial charge in [0.15, 0.2) is 0 Å². The van der Waals surface area contributed by atoms with Gasteiger partial charge in [-0.3, -0.25) is 4.79 Å². The maximum absolute atomic E-state index is 12.7. The van der Waals surface area contributed by atoms with Crippen molar-refractivity contribution >= 4 is 34.2 Å². The lowest BCUT2D eigenvalue weighted by molar-refractivity contribution is -0.119. The lowest BCUT2D eigenvalue weighted by Crippen LogP contribution is -2.49. The molecule has 6 heteroatoms. The highest BCUT2D eigenvalue weighted by Gasteiger charge is 2.30. The number of hydrogen-bond donors (Lipinski definition) is 0. The number of nitrogens with zero attached hydrogens (tertiary/aromatic N) is 2. The van der Waals surface area contributed by atoms with Crippen LogP contribution in [0.1, 0.15) is 38.7 Å². The van der Waals surface area contributed by atoms with E-state index in [4.69, 9.17) is 9.47 Å². The summed E-state index contributed by atoms with van der Waals surface area (Å²) in [5.74, 6) is 2.00. The maximum atomic E-state index is 12.7. The van der Waals surface area contributed by atoms with Crippen molar-refractivity contribution in [1.29, 1.82) is 0 Å². The number of benzene rings is 2. The van der Waals surface area contributed by atoms with Gasteiger partial charge in [-0.05, 0) is 78.6 Å². The van der Waals surface area contributed by atoms with Crippen molar-refractivity contribution in [2.24, 2.45) is 0 Å². The third-order valence-corrected chi connectivity index (χ3v) is 7.01. The van der Waals surface area contributed by atoms with Gasteiger partial charge in [0.2, 0.25) is 5.91 Å². The van der Waals surface area contributed by atoms with Crippen LogP contribution < -0.4 is 14.4 Å². The SMILES string of the molecule is CCC(=O)N(c1ccccc1)C1CCN(C(C)Cc2cc(OC)c(I)cc2OC)CC1. The van der Waals surface area contributed by atoms with E-state index < -0.39 is 0 Å². The first-order chi connectivity index (χ1) is 15.0. The number of halogens is 1. The van der Waals surface area contributed by atoms with E-state index in [1.54, 1.807) is 14.2 Å². The number of methoxy groups -OCH3 is 2. The summed E-state index contributed by atoms with van der Waals surface area (Å²) in [6.07, 6.45) is 3.40. The molecule has 1 amide bonds. The number of carbonyl (C=O) groups excluding carboxylic acids is 1. The molecule has 1 heterocycles. The molecule has 5 nitrogen and oxygen atoms in total. The largest absolute Gasteiger partial charge is 0.496 e. The summed E-state index contributed by atoms with van der Waals surface area (Å²) in [6.45, 7) is 6.18. The van der Waals surface area contributed by atoms with Crippen LogP contribution in [-0.4, -0.2) is 50.2 Å². The average Bonchev–Trinajstić information content (AvgIpc) is 2.81. The number of carbonyl (C=O) groups is 1. The Bertz CT molecular complexity index is 867. The van der Waals surface area contributed by atoms with Gasteiger partial charge < -0.3 is 19.3 Å². The van der Waals surface area contributed by atoms with Crippen LogP contribution in [0.25, 0.3) is 0 Å². The Morgan fingerprint density at radius 3 is 2.35 bits per heavy atom. The first-order valence-electron chi connectivity index (χ1n) is 11.0. The van der Waals surface area contributed by atoms with Gasteiger partial charge in [-0.15, -0.1) is 0 Å². The van der Waals surface area contributed by atoms with Gasteiger partial charge in [-0.1, -0.05) is 25.1 Å². The maximum Gasteiger partial charge on any atom is 0.226 e. The molecule has 3 rings (SSSR count). The van der Waals surface area contributed by atoms with E-state index in [1.807, 2.05) is 48.2 Å². The van der Waals surface area contributed by atoms with Gasteiger partial charge in [0, 0.05) is 37.3 Å². The number of hydrogen-bond acceptors (Lipinski definition) is 4. The summed E-state index contributed by atoms with van der Waals surface area (Å²) < 4.78 is 12.2. The predicted octanol–water partition coefficient (Wildman–Crippen LogP) is 5.15. The van der Waals surface area contributed by atoms with E-state index in [1.165, 1.54) is 5.56 Å². The fraction of sp³-hybridized carbons (Fsp3) is 0.480. The zero-order chi connectivity index (χ0) is 22.4. The van der Waals surface area contributed by atoms with Crippen LogP contribution in [-0.2, 0) is 11.2 Å². The normalized spacial score (nSPS) is 16.0. The van der Waals surface area contributed by atoms with Crippen LogP contribution in [0.4, 0.5) is 5.69 Å². The minimum atomic E-state index is 0.202. The van der Waals surface area contributed by atoms with Crippen LogP contribution in [0.5, 0.6) is 11.5 Å². The summed E-state index contributed by atoms with van der Waals surface area (Å²) in [4.78, 5) is 17.3. The molecule has 0 aromatic heterocycles. The Kier molecular flexibility index (Phi) is 8.60. The molecule has 31 heavy (non-hydrogen) atoms. The number of likely N-dealkylation sites (tertiary alicyclic amines) is 1. The summed E-state index contributed by atoms with van der Waals surface area (Å²) in [5, 5.41) is 0. The number of para-hydroxylation sites is 1. The zero-order valence-electron chi connectivity index (χ0n) is 18.9. The standard InChI is InChI=1S/C25H33IN2O3/c1-5-25(29)28(20-9-7-6-8-10-20)21-11-13-27(14-12-21)18(2)15-19-16-24(31-4)22(26)17-23(19)30-3/h6-10,16-18,21H,5,11-15H2,1-4H3. The Hall–Kier alpha value is -1.80. The molecule has 0 spiro atoms. The Morgan fingerprint density at radius 1 is 1.13 bits per heavy atom. The quantitative estimate of drug-likeness (QED) is 0.438. The van der Waals surface area contributed by atoms with Gasteiger partial charge in [0.25, 0.3) is 0 Å². The number of piperidine rings is 1. The molecule has 1 saturated heterocycles. The molecule has 0 N–H and O–H groups in total. The van der Waals surface area contributed by atoms with E-state index in [0.29, 0.717) is 12.5 Å². The molecule has 2 aromatic rings. The number of amides is 1. The molecule has 2 aromatic carbocycles. The van der Waals surface area contributed by atoms with Crippen molar-refractivity contribution in [2.45, 2.75) is 51.6 Å². The van der Waals surface area contributed by atoms with Gasteiger partial charge in [0.05, 0.1) is 17.8 Å². The number of rotatable bonds is 8. The monoisotopic (exact) mass is 536 g/mol. The molecule has 1 unspecified atom stereocenters. The minimum Gasteiger partial charge on any atom is -0.496 e. The van der Waals surface area contributed by atoms with Crippen LogP contribution in [0.2, 0.25) is 0 Å². The summed E-state index contributed by atoms with van der Waals surface area (Å²) in [5.41, 5.74) is 2.18. The molecule has 0 bridgehead atoms. The van der Waals surface area contributed by atoms with Crippen molar-refractivity contribution in [1.82, 2.24) is 4.90 Å². The molecule has 1 atom stereocenters. The van der Waals surface area contributed by atoms with Gasteiger partial charge in [0.1, 0.15) is 11.5 Å². The Balaban J connectivity index is 1.67. The molecule has 0 radical (unpaired) electrons. The smallest absolute Gasteiger partial charge is 0.226 e. The van der Waals surface area contributed by atoms with E-state index in [-0.39, 0.29) is 11.9 Å². The lowest BCUT2D eigenvalue weighted by Gasteiger charge is -2.41. The first-order valence-corrected chi connectivity index (χ1v) is 12.1. The van der Waals surface area contributed by atoms with Crippen LogP contribution in [0.15, 0.2) is 42.5 Å². The molecular formula is C25H33IN2O3. The number of anilines is 1. The van der Waals surface area contributed by atoms with Gasteiger partial charge in [-0.25, -0.2) is 0 Å². The van der Waals surface area contributed by atoms with Crippen molar-refractivity contribution in [2.75, 3.05) is 32.2 Å². The molecule has 0 saturated carbocycles. The molecule has 1 aliphatic rings. The number of ether oxygens (including phenoxy) is 2. The van der Waals surface area contributed by atoms with E-state index >= 15 is 0 Å². The van der Waals surface area contributed by atoms with Crippen molar-refractivity contribution < 1.29 is 14.3 Å². The van der Waals surface area contributed by atoms with Crippen molar-refractivity contribution in [3.63, 3.8) is 0 Å². The first kappa shape index (κ1) is 23.9. The molecule has 1 fully saturated rings. The second-order valence-corrected chi connectivity index (χ2v) is 9.23. The minimum absolute atomic E-state index is 0.202. The second kappa shape index (κ2) is 11.2. The molecular weight excluding hydrogens is 503 g/mol. The second-order valence-electron chi connectivity index (χ2n) is 8.07. The summed E-state index contributed by atoms with van der Waals surface area (Å²) in [7, 11) is 3.43. The molecule has 0 aliphatic carbocycles. The highest BCUT2D eigenvalue weighted by Crippen LogP contribution is 2.32. The van der Waals surface area contributed by atoms with E-state index in [0.717, 1.165) is 53.1 Å². The highest BCUT2D eigenvalue weighted by atomic mass is 127. The lowest BCUT2D eigenvalue weighted by atomic mass is 9.98. The van der Waals surface area contributed by atoms with E-state index in [9.17, 15) is 4.79 Å². The fourth-order valence-electron chi connectivity index (χ4n) is 4.43. The molecule has 168 valence electrons. The average molecular weight is 536 g/mol. The van der Waals surface area contributed by atoms with Crippen molar-refractivity contribution in [3.05, 3.63) is 51.6 Å². The third-order valence-electron chi connectivity index (χ3n) is 6.16. The van der Waals surface area contributed by atoms with Gasteiger partial charge >= 0.3 is 0 Å². The predicted molar refractivity (Wildman–Crippen MR) is 134 cm³/mol. The summed E-state index contributed by atoms with van der Waals surface area (Å²) in [6, 6.07) is 14.9. The summed E-state index contributed by atoms with van der Waals surface area (Å²) >= 11 is 2.28. The highest BCUT2D eigenvalue weighted by molar-refractivity contribution is 14.1. The van der Waals surface area contributed by atoms with Crippen LogP contribution >= 0.6 is 22.6 Å². The Morgan fingerprint density at radius 2 is 1.77 bits per heavy atom. The van der Waals surface area contributed by atoms with Crippen LogP contribution in [0.3, 0.4) is 0 Å². The molecule has 1 aliphatic heterocycles. The Labute approximate surface area is 199 Å². The van der Waals surface area contributed by atoms with Crippen LogP contribution in [0, 0.1) is 3.57 Å².